The van der Waals surface area contributed by atoms with Crippen molar-refractivity contribution in [3.05, 3.63) is 88.7 Å². The molecule has 7 nitrogen and oxygen atoms in total. The van der Waals surface area contributed by atoms with Crippen LogP contribution in [0.3, 0.4) is 0 Å². The Hall–Kier alpha value is -3.74. The molecule has 4 aromatic rings. The topological polar surface area (TPSA) is 83.9 Å². The summed E-state index contributed by atoms with van der Waals surface area (Å²) in [6.07, 6.45) is 5.27. The Morgan fingerprint density at radius 1 is 1.10 bits per heavy atom. The second-order valence-corrected chi connectivity index (χ2v) is 7.26. The van der Waals surface area contributed by atoms with Gasteiger partial charge in [-0.15, -0.1) is 0 Å². The molecule has 30 heavy (non-hydrogen) atoms. The molecule has 2 heterocycles. The first-order valence-electron chi connectivity index (χ1n) is 9.91. The maximum Gasteiger partial charge on any atom is 0.258 e. The van der Waals surface area contributed by atoms with Crippen LogP contribution in [0.2, 0.25) is 0 Å². The molecule has 0 saturated carbocycles. The van der Waals surface area contributed by atoms with Crippen molar-refractivity contribution in [3.8, 4) is 5.69 Å². The lowest BCUT2D eigenvalue weighted by Crippen LogP contribution is -2.26. The van der Waals surface area contributed by atoms with E-state index in [-0.39, 0.29) is 11.5 Å². The van der Waals surface area contributed by atoms with E-state index in [2.05, 4.69) is 15.1 Å². The van der Waals surface area contributed by atoms with E-state index in [0.717, 1.165) is 11.3 Å². The SMILES string of the molecule is CN(Cc1cnn(-c2ccccc2)c1)C(=O)CCCc1nc2ccccc2c(=O)[nH]1. The first-order valence-corrected chi connectivity index (χ1v) is 9.91. The maximum absolute atomic E-state index is 12.5. The standard InChI is InChI=1S/C23H23N5O2/c1-27(15-17-14-24-28(16-17)18-8-3-2-4-9-18)22(29)13-7-12-21-25-20-11-6-5-10-19(20)23(30)26-21/h2-6,8-11,14,16H,7,12-13,15H2,1H3,(H,25,26,30). The molecule has 152 valence electrons. The third-order valence-electron chi connectivity index (χ3n) is 4.97. The van der Waals surface area contributed by atoms with Gasteiger partial charge in [0.25, 0.3) is 5.56 Å². The average molecular weight is 401 g/mol. The van der Waals surface area contributed by atoms with E-state index in [1.165, 1.54) is 0 Å². The van der Waals surface area contributed by atoms with Gasteiger partial charge >= 0.3 is 0 Å². The predicted molar refractivity (Wildman–Crippen MR) is 115 cm³/mol. The van der Waals surface area contributed by atoms with Crippen molar-refractivity contribution in [2.24, 2.45) is 0 Å². The molecule has 1 amide bonds. The van der Waals surface area contributed by atoms with Crippen molar-refractivity contribution in [2.45, 2.75) is 25.8 Å². The maximum atomic E-state index is 12.5. The van der Waals surface area contributed by atoms with E-state index in [0.29, 0.717) is 42.5 Å². The number of nitrogens with zero attached hydrogens (tertiary/aromatic N) is 4. The highest BCUT2D eigenvalue weighted by Gasteiger charge is 2.12. The molecule has 0 atom stereocenters. The molecule has 0 aliphatic carbocycles. The van der Waals surface area contributed by atoms with E-state index in [4.69, 9.17) is 0 Å². The fourth-order valence-electron chi connectivity index (χ4n) is 3.38. The molecule has 0 aliphatic heterocycles. The Kier molecular flexibility index (Phi) is 5.70. The summed E-state index contributed by atoms with van der Waals surface area (Å²) in [5.41, 5.74) is 2.48. The van der Waals surface area contributed by atoms with E-state index in [1.807, 2.05) is 54.7 Å². The first-order chi connectivity index (χ1) is 14.6. The van der Waals surface area contributed by atoms with Crippen molar-refractivity contribution in [2.75, 3.05) is 7.05 Å². The molecule has 1 N–H and O–H groups in total. The average Bonchev–Trinajstić information content (AvgIpc) is 3.23. The number of aromatic nitrogens is 4. The molecule has 0 aliphatic rings. The monoisotopic (exact) mass is 401 g/mol. The van der Waals surface area contributed by atoms with E-state index in [1.54, 1.807) is 28.9 Å². The molecule has 0 spiro atoms. The second kappa shape index (κ2) is 8.73. The van der Waals surface area contributed by atoms with Gasteiger partial charge < -0.3 is 9.88 Å². The highest BCUT2D eigenvalue weighted by atomic mass is 16.2. The van der Waals surface area contributed by atoms with Gasteiger partial charge in [-0.25, -0.2) is 9.67 Å². The number of hydrogen-bond acceptors (Lipinski definition) is 4. The molecule has 0 bridgehead atoms. The third kappa shape index (κ3) is 4.46. The number of aromatic amines is 1. The molecular formula is C23H23N5O2. The van der Waals surface area contributed by atoms with Crippen molar-refractivity contribution in [3.63, 3.8) is 0 Å². The Labute approximate surface area is 174 Å². The van der Waals surface area contributed by atoms with Crippen LogP contribution in [0, 0.1) is 0 Å². The number of carbonyl (C=O) groups is 1. The van der Waals surface area contributed by atoms with Crippen molar-refractivity contribution in [1.29, 1.82) is 0 Å². The largest absolute Gasteiger partial charge is 0.341 e. The van der Waals surface area contributed by atoms with Crippen LogP contribution in [0.15, 0.2) is 71.8 Å². The summed E-state index contributed by atoms with van der Waals surface area (Å²) >= 11 is 0. The van der Waals surface area contributed by atoms with E-state index >= 15 is 0 Å². The van der Waals surface area contributed by atoms with Crippen LogP contribution in [0.1, 0.15) is 24.2 Å². The van der Waals surface area contributed by atoms with Gasteiger partial charge in [-0.05, 0) is 30.7 Å². The van der Waals surface area contributed by atoms with Crippen molar-refractivity contribution >= 4 is 16.8 Å². The van der Waals surface area contributed by atoms with Gasteiger partial charge in [0.2, 0.25) is 5.91 Å². The van der Waals surface area contributed by atoms with E-state index < -0.39 is 0 Å². The van der Waals surface area contributed by atoms with Gasteiger partial charge in [-0.1, -0.05) is 30.3 Å². The van der Waals surface area contributed by atoms with Crippen LogP contribution in [0.4, 0.5) is 0 Å². The molecule has 0 fully saturated rings. The quantitative estimate of drug-likeness (QED) is 0.516. The number of amides is 1. The molecule has 4 rings (SSSR count). The van der Waals surface area contributed by atoms with Crippen LogP contribution >= 0.6 is 0 Å². The fourth-order valence-corrected chi connectivity index (χ4v) is 3.38. The zero-order valence-electron chi connectivity index (χ0n) is 16.8. The number of H-pyrrole nitrogens is 1. The minimum Gasteiger partial charge on any atom is -0.341 e. The number of fused-ring (bicyclic) bond motifs is 1. The summed E-state index contributed by atoms with van der Waals surface area (Å²) < 4.78 is 1.80. The van der Waals surface area contributed by atoms with Crippen LogP contribution in [0.25, 0.3) is 16.6 Å². The lowest BCUT2D eigenvalue weighted by atomic mass is 10.2. The number of aryl methyl sites for hydroxylation is 1. The second-order valence-electron chi connectivity index (χ2n) is 7.26. The summed E-state index contributed by atoms with van der Waals surface area (Å²) in [7, 11) is 1.79. The van der Waals surface area contributed by atoms with Gasteiger partial charge in [0.05, 0.1) is 22.8 Å². The Morgan fingerprint density at radius 3 is 2.70 bits per heavy atom. The minimum absolute atomic E-state index is 0.0468. The summed E-state index contributed by atoms with van der Waals surface area (Å²) in [6.45, 7) is 0.497. The van der Waals surface area contributed by atoms with Crippen molar-refractivity contribution < 1.29 is 4.79 Å². The molecule has 0 radical (unpaired) electrons. The number of benzene rings is 2. The van der Waals surface area contributed by atoms with E-state index in [9.17, 15) is 9.59 Å². The lowest BCUT2D eigenvalue weighted by Gasteiger charge is -2.16. The highest BCUT2D eigenvalue weighted by Crippen LogP contribution is 2.11. The van der Waals surface area contributed by atoms with Crippen LogP contribution in [0.5, 0.6) is 0 Å². The van der Waals surface area contributed by atoms with Crippen molar-refractivity contribution in [1.82, 2.24) is 24.6 Å². The van der Waals surface area contributed by atoms with Crippen LogP contribution < -0.4 is 5.56 Å². The Bertz CT molecular complexity index is 1210. The third-order valence-corrected chi connectivity index (χ3v) is 4.97. The number of nitrogens with one attached hydrogen (secondary N) is 1. The number of rotatable bonds is 7. The summed E-state index contributed by atoms with van der Waals surface area (Å²) in [5, 5.41) is 4.95. The number of para-hydroxylation sites is 2. The molecule has 0 unspecified atom stereocenters. The number of hydrogen-bond donors (Lipinski definition) is 1. The van der Waals surface area contributed by atoms with Gasteiger partial charge in [0, 0.05) is 38.2 Å². The molecule has 7 heteroatoms. The molecule has 2 aromatic carbocycles. The van der Waals surface area contributed by atoms with Crippen LogP contribution in [-0.2, 0) is 17.8 Å². The van der Waals surface area contributed by atoms with Crippen LogP contribution in [-0.4, -0.2) is 37.6 Å². The fraction of sp³-hybridized carbons (Fsp3) is 0.217. The molecule has 0 saturated heterocycles. The molecular weight excluding hydrogens is 378 g/mol. The van der Waals surface area contributed by atoms with Gasteiger partial charge in [-0.2, -0.15) is 5.10 Å². The minimum atomic E-state index is -0.144. The lowest BCUT2D eigenvalue weighted by molar-refractivity contribution is -0.130. The summed E-state index contributed by atoms with van der Waals surface area (Å²) in [4.78, 5) is 33.6. The smallest absolute Gasteiger partial charge is 0.258 e. The zero-order valence-corrected chi connectivity index (χ0v) is 16.8. The molecule has 2 aromatic heterocycles. The van der Waals surface area contributed by atoms with Gasteiger partial charge in [0.15, 0.2) is 0 Å². The highest BCUT2D eigenvalue weighted by molar-refractivity contribution is 5.77. The zero-order chi connectivity index (χ0) is 20.9. The predicted octanol–water partition coefficient (Wildman–Crippen LogP) is 3.09. The summed E-state index contributed by atoms with van der Waals surface area (Å²) in [5.74, 6) is 0.656. The summed E-state index contributed by atoms with van der Waals surface area (Å²) in [6, 6.07) is 17.1. The Morgan fingerprint density at radius 2 is 1.87 bits per heavy atom. The van der Waals surface area contributed by atoms with Gasteiger partial charge in [0.1, 0.15) is 5.82 Å². The first kappa shape index (κ1) is 19.6. The number of carbonyl (C=O) groups excluding carboxylic acids is 1. The Balaban J connectivity index is 1.31. The van der Waals surface area contributed by atoms with Gasteiger partial charge in [-0.3, -0.25) is 9.59 Å². The normalized spacial score (nSPS) is 11.0.